The van der Waals surface area contributed by atoms with E-state index in [1.807, 2.05) is 0 Å². The number of nitrogens with one attached hydrogen (secondary N) is 1. The van der Waals surface area contributed by atoms with Crippen molar-refractivity contribution in [3.63, 3.8) is 0 Å². The van der Waals surface area contributed by atoms with E-state index >= 15 is 0 Å². The van der Waals surface area contributed by atoms with E-state index < -0.39 is 0 Å². The fourth-order valence-electron chi connectivity index (χ4n) is 2.15. The average Bonchev–Trinajstić information content (AvgIpc) is 2.39. The molecule has 1 aliphatic rings. The van der Waals surface area contributed by atoms with Gasteiger partial charge in [0, 0.05) is 6.04 Å². The second-order valence-electron chi connectivity index (χ2n) is 4.38. The maximum atomic E-state index is 12.2. The molecule has 0 bridgehead atoms. The Morgan fingerprint density at radius 2 is 2.28 bits per heavy atom. The quantitative estimate of drug-likeness (QED) is 0.634. The minimum atomic E-state index is -0.126. The molecule has 0 radical (unpaired) electrons. The molecule has 3 N–H and O–H groups in total. The van der Waals surface area contributed by atoms with Gasteiger partial charge >= 0.3 is 0 Å². The highest BCUT2D eigenvalue weighted by Gasteiger charge is 2.18. The maximum Gasteiger partial charge on any atom is 0.255 e. The average molecular weight is 246 g/mol. The van der Waals surface area contributed by atoms with Crippen molar-refractivity contribution in [2.24, 2.45) is 0 Å². The van der Waals surface area contributed by atoms with Crippen LogP contribution in [0.25, 0.3) is 0 Å². The molecule has 18 heavy (non-hydrogen) atoms. The summed E-state index contributed by atoms with van der Waals surface area (Å²) in [7, 11) is 1.52. The van der Waals surface area contributed by atoms with Crippen LogP contribution in [0.15, 0.2) is 30.4 Å². The number of anilines is 1. The Kier molecular flexibility index (Phi) is 3.87. The van der Waals surface area contributed by atoms with Gasteiger partial charge in [-0.15, -0.1) is 0 Å². The van der Waals surface area contributed by atoms with Gasteiger partial charge in [0.2, 0.25) is 0 Å². The number of rotatable bonds is 3. The molecule has 0 spiro atoms. The number of hydrogen-bond acceptors (Lipinski definition) is 3. The topological polar surface area (TPSA) is 64.3 Å². The van der Waals surface area contributed by atoms with Gasteiger partial charge in [-0.1, -0.05) is 18.2 Å². The first-order valence-corrected chi connectivity index (χ1v) is 6.10. The van der Waals surface area contributed by atoms with Gasteiger partial charge in [0.1, 0.15) is 0 Å². The number of para-hydroxylation sites is 1. The van der Waals surface area contributed by atoms with E-state index in [1.165, 1.54) is 7.11 Å². The van der Waals surface area contributed by atoms with Crippen molar-refractivity contribution in [3.05, 3.63) is 35.9 Å². The second-order valence-corrected chi connectivity index (χ2v) is 4.38. The Balaban J connectivity index is 2.13. The number of ether oxygens (including phenoxy) is 1. The van der Waals surface area contributed by atoms with E-state index in [0.29, 0.717) is 17.0 Å². The molecule has 2 rings (SSSR count). The molecule has 4 heteroatoms. The molecule has 0 saturated carbocycles. The molecule has 1 unspecified atom stereocenters. The number of nitrogen functional groups attached to an aromatic ring is 1. The number of benzene rings is 1. The minimum absolute atomic E-state index is 0.126. The molecule has 0 aliphatic heterocycles. The van der Waals surface area contributed by atoms with Gasteiger partial charge in [0.15, 0.2) is 5.75 Å². The zero-order chi connectivity index (χ0) is 13.0. The van der Waals surface area contributed by atoms with E-state index in [1.54, 1.807) is 18.2 Å². The lowest BCUT2D eigenvalue weighted by atomic mass is 10.0. The molecule has 0 aromatic heterocycles. The van der Waals surface area contributed by atoms with E-state index in [-0.39, 0.29) is 11.9 Å². The first-order valence-electron chi connectivity index (χ1n) is 6.10. The van der Waals surface area contributed by atoms with Gasteiger partial charge < -0.3 is 15.8 Å². The molecule has 1 aromatic carbocycles. The minimum Gasteiger partial charge on any atom is -0.494 e. The highest BCUT2D eigenvalue weighted by atomic mass is 16.5. The van der Waals surface area contributed by atoms with Gasteiger partial charge in [0.25, 0.3) is 5.91 Å². The largest absolute Gasteiger partial charge is 0.494 e. The molecule has 1 amide bonds. The van der Waals surface area contributed by atoms with Crippen molar-refractivity contribution in [2.75, 3.05) is 12.8 Å². The lowest BCUT2D eigenvalue weighted by Crippen LogP contribution is -2.35. The van der Waals surface area contributed by atoms with E-state index in [9.17, 15) is 4.79 Å². The van der Waals surface area contributed by atoms with Crippen molar-refractivity contribution in [1.82, 2.24) is 5.32 Å². The predicted octanol–water partition coefficient (Wildman–Crippen LogP) is 2.12. The van der Waals surface area contributed by atoms with Crippen LogP contribution < -0.4 is 15.8 Å². The third kappa shape index (κ3) is 2.64. The normalized spacial score (nSPS) is 18.4. The van der Waals surface area contributed by atoms with Gasteiger partial charge in [-0.3, -0.25) is 4.79 Å². The standard InChI is InChI=1S/C14H18N2O2/c1-18-13-11(8-5-9-12(13)15)14(17)16-10-6-3-2-4-7-10/h2-3,5,8-10H,4,6-7,15H2,1H3,(H,16,17). The first-order chi connectivity index (χ1) is 8.72. The molecule has 1 atom stereocenters. The zero-order valence-electron chi connectivity index (χ0n) is 10.5. The van der Waals surface area contributed by atoms with Crippen LogP contribution in [0.1, 0.15) is 29.6 Å². The van der Waals surface area contributed by atoms with Crippen LogP contribution in [-0.2, 0) is 0 Å². The summed E-state index contributed by atoms with van der Waals surface area (Å²) in [5, 5.41) is 3.01. The van der Waals surface area contributed by atoms with Crippen LogP contribution in [0, 0.1) is 0 Å². The van der Waals surface area contributed by atoms with Crippen molar-refractivity contribution in [2.45, 2.75) is 25.3 Å². The third-order valence-electron chi connectivity index (χ3n) is 3.10. The SMILES string of the molecule is COc1c(N)cccc1C(=O)NC1CC=CCC1. The number of allylic oxidation sites excluding steroid dienone is 1. The Morgan fingerprint density at radius 1 is 1.44 bits per heavy atom. The van der Waals surface area contributed by atoms with Crippen LogP contribution in [0.4, 0.5) is 5.69 Å². The molecule has 0 fully saturated rings. The molecular formula is C14H18N2O2. The van der Waals surface area contributed by atoms with Crippen LogP contribution in [-0.4, -0.2) is 19.1 Å². The van der Waals surface area contributed by atoms with E-state index in [4.69, 9.17) is 10.5 Å². The lowest BCUT2D eigenvalue weighted by Gasteiger charge is -2.20. The van der Waals surface area contributed by atoms with E-state index in [0.717, 1.165) is 19.3 Å². The van der Waals surface area contributed by atoms with Gasteiger partial charge in [-0.25, -0.2) is 0 Å². The highest BCUT2D eigenvalue weighted by molar-refractivity contribution is 5.98. The fraction of sp³-hybridized carbons (Fsp3) is 0.357. The number of amides is 1. The summed E-state index contributed by atoms with van der Waals surface area (Å²) in [6.45, 7) is 0. The maximum absolute atomic E-state index is 12.2. The molecular weight excluding hydrogens is 228 g/mol. The molecule has 0 saturated heterocycles. The first kappa shape index (κ1) is 12.5. The van der Waals surface area contributed by atoms with Crippen molar-refractivity contribution in [1.29, 1.82) is 0 Å². The summed E-state index contributed by atoms with van der Waals surface area (Å²) in [6.07, 6.45) is 7.12. The van der Waals surface area contributed by atoms with Crippen molar-refractivity contribution in [3.8, 4) is 5.75 Å². The summed E-state index contributed by atoms with van der Waals surface area (Å²) >= 11 is 0. The van der Waals surface area contributed by atoms with Crippen LogP contribution in [0.5, 0.6) is 5.75 Å². The van der Waals surface area contributed by atoms with Gasteiger partial charge in [0.05, 0.1) is 18.4 Å². The van der Waals surface area contributed by atoms with Crippen molar-refractivity contribution < 1.29 is 9.53 Å². The third-order valence-corrected chi connectivity index (χ3v) is 3.10. The number of methoxy groups -OCH3 is 1. The smallest absolute Gasteiger partial charge is 0.255 e. The number of nitrogens with two attached hydrogens (primary N) is 1. The van der Waals surface area contributed by atoms with E-state index in [2.05, 4.69) is 17.5 Å². The lowest BCUT2D eigenvalue weighted by molar-refractivity contribution is 0.0932. The Morgan fingerprint density at radius 3 is 2.94 bits per heavy atom. The summed E-state index contributed by atoms with van der Waals surface area (Å²) in [4.78, 5) is 12.2. The Hall–Kier alpha value is -1.97. The molecule has 4 nitrogen and oxygen atoms in total. The molecule has 96 valence electrons. The number of carbonyl (C=O) groups is 1. The predicted molar refractivity (Wildman–Crippen MR) is 71.7 cm³/mol. The number of hydrogen-bond donors (Lipinski definition) is 2. The fourth-order valence-corrected chi connectivity index (χ4v) is 2.15. The Bertz CT molecular complexity index is 469. The highest BCUT2D eigenvalue weighted by Crippen LogP contribution is 2.26. The van der Waals surface area contributed by atoms with Gasteiger partial charge in [-0.05, 0) is 31.4 Å². The molecule has 0 heterocycles. The Labute approximate surface area is 107 Å². The van der Waals surface area contributed by atoms with Gasteiger partial charge in [-0.2, -0.15) is 0 Å². The van der Waals surface area contributed by atoms with Crippen LogP contribution in [0.2, 0.25) is 0 Å². The summed E-state index contributed by atoms with van der Waals surface area (Å²) in [5.74, 6) is 0.320. The summed E-state index contributed by atoms with van der Waals surface area (Å²) in [6, 6.07) is 5.41. The summed E-state index contributed by atoms with van der Waals surface area (Å²) in [5.41, 5.74) is 6.76. The van der Waals surface area contributed by atoms with Crippen LogP contribution >= 0.6 is 0 Å². The van der Waals surface area contributed by atoms with Crippen molar-refractivity contribution >= 4 is 11.6 Å². The second kappa shape index (κ2) is 5.58. The molecule has 1 aromatic rings. The monoisotopic (exact) mass is 246 g/mol. The zero-order valence-corrected chi connectivity index (χ0v) is 10.5. The molecule has 1 aliphatic carbocycles. The van der Waals surface area contributed by atoms with Crippen LogP contribution in [0.3, 0.4) is 0 Å². The number of carbonyl (C=O) groups excluding carboxylic acids is 1. The summed E-state index contributed by atoms with van der Waals surface area (Å²) < 4.78 is 5.19.